The van der Waals surface area contributed by atoms with Crippen LogP contribution in [-0.4, -0.2) is 9.78 Å². The molecule has 2 N–H and O–H groups in total. The molecule has 0 aliphatic heterocycles. The fraction of sp³-hybridized carbons (Fsp3) is 0.118. The monoisotopic (exact) mass is 389 g/mol. The lowest BCUT2D eigenvalue weighted by Gasteiger charge is -2.06. The highest BCUT2D eigenvalue weighted by Crippen LogP contribution is 2.36. The van der Waals surface area contributed by atoms with Gasteiger partial charge in [0.2, 0.25) is 0 Å². The van der Waals surface area contributed by atoms with Gasteiger partial charge in [0, 0.05) is 16.2 Å². The minimum atomic E-state index is 0.689. The Hall–Kier alpha value is -1.82. The summed E-state index contributed by atoms with van der Waals surface area (Å²) in [6.07, 6.45) is 0. The van der Waals surface area contributed by atoms with Gasteiger partial charge >= 0.3 is 0 Å². The molecule has 0 saturated heterocycles. The van der Waals surface area contributed by atoms with E-state index in [2.05, 4.69) is 77.1 Å². The lowest BCUT2D eigenvalue weighted by atomic mass is 9.99. The summed E-state index contributed by atoms with van der Waals surface area (Å²) >= 11 is 2.31. The normalized spacial score (nSPS) is 10.8. The van der Waals surface area contributed by atoms with Crippen LogP contribution in [0.4, 0.5) is 5.82 Å². The Kier molecular flexibility index (Phi) is 3.71. The van der Waals surface area contributed by atoms with E-state index in [1.165, 1.54) is 9.13 Å². The molecule has 0 bridgehead atoms. The van der Waals surface area contributed by atoms with E-state index in [0.29, 0.717) is 5.82 Å². The predicted octanol–water partition coefficient (Wildman–Crippen LogP) is 4.25. The minimum absolute atomic E-state index is 0.689. The summed E-state index contributed by atoms with van der Waals surface area (Å²) in [5.41, 5.74) is 11.6. The van der Waals surface area contributed by atoms with E-state index in [1.807, 2.05) is 13.1 Å². The fourth-order valence-electron chi connectivity index (χ4n) is 2.46. The van der Waals surface area contributed by atoms with Gasteiger partial charge in [-0.15, -0.1) is 0 Å². The number of aryl methyl sites for hydroxylation is 2. The molecule has 0 aliphatic rings. The van der Waals surface area contributed by atoms with Gasteiger partial charge in [0.05, 0.1) is 5.56 Å². The van der Waals surface area contributed by atoms with Crippen molar-refractivity contribution in [2.75, 3.05) is 5.73 Å². The van der Waals surface area contributed by atoms with Crippen molar-refractivity contribution in [1.82, 2.24) is 9.78 Å². The van der Waals surface area contributed by atoms with Crippen LogP contribution in [0.25, 0.3) is 22.4 Å². The van der Waals surface area contributed by atoms with Crippen LogP contribution in [0.3, 0.4) is 0 Å². The maximum Gasteiger partial charge on any atom is 0.129 e. The molecule has 0 aliphatic carbocycles. The highest BCUT2D eigenvalue weighted by atomic mass is 127. The minimum Gasteiger partial charge on any atom is -0.383 e. The molecular weight excluding hydrogens is 373 g/mol. The molecule has 0 atom stereocenters. The van der Waals surface area contributed by atoms with Gasteiger partial charge in [-0.05, 0) is 47.2 Å². The third kappa shape index (κ3) is 2.68. The molecule has 3 aromatic rings. The summed E-state index contributed by atoms with van der Waals surface area (Å²) in [6.45, 7) is 2.08. The maximum atomic E-state index is 6.26. The van der Waals surface area contributed by atoms with Crippen molar-refractivity contribution >= 4 is 28.4 Å². The molecule has 4 heteroatoms. The Morgan fingerprint density at radius 2 is 1.76 bits per heavy atom. The molecule has 0 saturated carbocycles. The van der Waals surface area contributed by atoms with Gasteiger partial charge in [-0.3, -0.25) is 4.68 Å². The quantitative estimate of drug-likeness (QED) is 0.666. The van der Waals surface area contributed by atoms with Gasteiger partial charge in [0.15, 0.2) is 0 Å². The van der Waals surface area contributed by atoms with Crippen LogP contribution >= 0.6 is 22.6 Å². The Bertz CT molecular complexity index is 806. The molecule has 3 rings (SSSR count). The zero-order chi connectivity index (χ0) is 15.0. The molecule has 21 heavy (non-hydrogen) atoms. The number of nitrogens with zero attached hydrogens (tertiary/aromatic N) is 2. The first-order valence-corrected chi connectivity index (χ1v) is 7.79. The maximum absolute atomic E-state index is 6.26. The zero-order valence-corrected chi connectivity index (χ0v) is 14.1. The van der Waals surface area contributed by atoms with Crippen LogP contribution < -0.4 is 5.73 Å². The van der Waals surface area contributed by atoms with Crippen LogP contribution in [0.2, 0.25) is 0 Å². The number of hydrogen-bond donors (Lipinski definition) is 1. The van der Waals surface area contributed by atoms with Crippen LogP contribution in [0, 0.1) is 10.5 Å². The number of anilines is 1. The number of hydrogen-bond acceptors (Lipinski definition) is 2. The molecule has 3 nitrogen and oxygen atoms in total. The van der Waals surface area contributed by atoms with Crippen LogP contribution in [-0.2, 0) is 7.05 Å². The topological polar surface area (TPSA) is 43.8 Å². The first-order chi connectivity index (χ1) is 10.1. The van der Waals surface area contributed by atoms with Crippen molar-refractivity contribution in [3.63, 3.8) is 0 Å². The third-order valence-electron chi connectivity index (χ3n) is 3.50. The summed E-state index contributed by atoms with van der Waals surface area (Å²) in [6, 6.07) is 16.7. The summed E-state index contributed by atoms with van der Waals surface area (Å²) in [5.74, 6) is 0.689. The molecule has 106 valence electrons. The Morgan fingerprint density at radius 1 is 1.05 bits per heavy atom. The molecule has 1 aromatic heterocycles. The fourth-order valence-corrected chi connectivity index (χ4v) is 3.00. The number of nitrogen functional groups attached to an aromatic ring is 1. The van der Waals surface area contributed by atoms with Crippen LogP contribution in [0.5, 0.6) is 0 Å². The number of rotatable bonds is 2. The zero-order valence-electron chi connectivity index (χ0n) is 12.0. The van der Waals surface area contributed by atoms with Crippen LogP contribution in [0.15, 0.2) is 48.5 Å². The van der Waals surface area contributed by atoms with E-state index in [4.69, 9.17) is 5.73 Å². The molecule has 1 heterocycles. The second kappa shape index (κ2) is 5.52. The Balaban J connectivity index is 2.25. The average Bonchev–Trinajstić information content (AvgIpc) is 2.75. The van der Waals surface area contributed by atoms with E-state index in [0.717, 1.165) is 22.4 Å². The summed E-state index contributed by atoms with van der Waals surface area (Å²) in [5, 5.41) is 4.62. The van der Waals surface area contributed by atoms with E-state index in [1.54, 1.807) is 4.68 Å². The number of nitrogens with two attached hydrogens (primary N) is 1. The SMILES string of the molecule is Cc1cccc(-c2c(-c3cccc(I)c3)nn(C)c2N)c1. The predicted molar refractivity (Wildman–Crippen MR) is 95.9 cm³/mol. The van der Waals surface area contributed by atoms with Crippen molar-refractivity contribution in [2.45, 2.75) is 6.92 Å². The van der Waals surface area contributed by atoms with Gasteiger partial charge < -0.3 is 5.73 Å². The van der Waals surface area contributed by atoms with E-state index < -0.39 is 0 Å². The van der Waals surface area contributed by atoms with E-state index in [9.17, 15) is 0 Å². The van der Waals surface area contributed by atoms with Crippen molar-refractivity contribution in [2.24, 2.45) is 7.05 Å². The second-order valence-corrected chi connectivity index (χ2v) is 6.36. The average molecular weight is 389 g/mol. The third-order valence-corrected chi connectivity index (χ3v) is 4.17. The lowest BCUT2D eigenvalue weighted by Crippen LogP contribution is -1.98. The number of halogens is 1. The standard InChI is InChI=1S/C17H16IN3/c1-11-5-3-6-12(9-11)15-16(20-21(2)17(15)19)13-7-4-8-14(18)10-13/h3-10H,19H2,1-2H3. The molecule has 0 radical (unpaired) electrons. The smallest absolute Gasteiger partial charge is 0.129 e. The van der Waals surface area contributed by atoms with E-state index >= 15 is 0 Å². The van der Waals surface area contributed by atoms with Gasteiger partial charge in [-0.1, -0.05) is 42.0 Å². The Labute approximate surface area is 137 Å². The van der Waals surface area contributed by atoms with Crippen molar-refractivity contribution in [1.29, 1.82) is 0 Å². The highest BCUT2D eigenvalue weighted by Gasteiger charge is 2.17. The number of benzene rings is 2. The van der Waals surface area contributed by atoms with Gasteiger partial charge in [-0.2, -0.15) is 5.10 Å². The van der Waals surface area contributed by atoms with Crippen molar-refractivity contribution in [3.05, 3.63) is 57.7 Å². The van der Waals surface area contributed by atoms with Gasteiger partial charge in [-0.25, -0.2) is 0 Å². The number of aromatic nitrogens is 2. The molecule has 0 unspecified atom stereocenters. The largest absolute Gasteiger partial charge is 0.383 e. The lowest BCUT2D eigenvalue weighted by molar-refractivity contribution is 0.782. The molecule has 2 aromatic carbocycles. The molecule has 0 amide bonds. The van der Waals surface area contributed by atoms with Gasteiger partial charge in [0.25, 0.3) is 0 Å². The first kappa shape index (κ1) is 14.1. The molecule has 0 spiro atoms. The van der Waals surface area contributed by atoms with Gasteiger partial charge in [0.1, 0.15) is 11.5 Å². The summed E-state index contributed by atoms with van der Waals surface area (Å²) < 4.78 is 2.93. The van der Waals surface area contributed by atoms with Crippen molar-refractivity contribution < 1.29 is 0 Å². The first-order valence-electron chi connectivity index (χ1n) is 6.71. The Morgan fingerprint density at radius 3 is 2.48 bits per heavy atom. The summed E-state index contributed by atoms with van der Waals surface area (Å²) in [4.78, 5) is 0. The van der Waals surface area contributed by atoms with Crippen LogP contribution in [0.1, 0.15) is 5.56 Å². The molecular formula is C17H16IN3. The summed E-state index contributed by atoms with van der Waals surface area (Å²) in [7, 11) is 1.88. The van der Waals surface area contributed by atoms with E-state index in [-0.39, 0.29) is 0 Å². The second-order valence-electron chi connectivity index (χ2n) is 5.11. The van der Waals surface area contributed by atoms with Crippen molar-refractivity contribution in [3.8, 4) is 22.4 Å². The molecule has 0 fully saturated rings. The highest BCUT2D eigenvalue weighted by molar-refractivity contribution is 14.1.